The predicted molar refractivity (Wildman–Crippen MR) is 97.0 cm³/mol. The first-order valence-electron chi connectivity index (χ1n) is 7.99. The van der Waals surface area contributed by atoms with Gasteiger partial charge in [-0.15, -0.1) is 0 Å². The number of non-ortho nitro benzene ring substituents is 1. The lowest BCUT2D eigenvalue weighted by atomic mass is 9.87. The SMILES string of the molecule is CC(Oc1ccc(C(C)(C)C)cc1)C(=O)Nc1cccc([N+](=O)[O-])c1. The lowest BCUT2D eigenvalue weighted by Crippen LogP contribution is -2.30. The molecule has 1 N–H and O–H groups in total. The van der Waals surface area contributed by atoms with E-state index in [9.17, 15) is 14.9 Å². The fourth-order valence-electron chi connectivity index (χ4n) is 2.23. The molecule has 1 amide bonds. The number of nitro groups is 1. The van der Waals surface area contributed by atoms with Crippen LogP contribution in [-0.2, 0) is 10.2 Å². The van der Waals surface area contributed by atoms with Gasteiger partial charge in [-0.05, 0) is 36.1 Å². The van der Waals surface area contributed by atoms with Crippen LogP contribution in [0.15, 0.2) is 48.5 Å². The van der Waals surface area contributed by atoms with Crippen molar-refractivity contribution in [3.05, 3.63) is 64.2 Å². The first kappa shape index (κ1) is 18.4. The summed E-state index contributed by atoms with van der Waals surface area (Å²) in [6, 6.07) is 13.4. The summed E-state index contributed by atoms with van der Waals surface area (Å²) in [6.45, 7) is 8.00. The number of hydrogen-bond acceptors (Lipinski definition) is 4. The number of hydrogen-bond donors (Lipinski definition) is 1. The molecule has 1 unspecified atom stereocenters. The number of nitrogens with one attached hydrogen (secondary N) is 1. The van der Waals surface area contributed by atoms with Crippen LogP contribution >= 0.6 is 0 Å². The van der Waals surface area contributed by atoms with Crippen molar-refractivity contribution in [2.24, 2.45) is 0 Å². The second-order valence-electron chi connectivity index (χ2n) is 6.83. The summed E-state index contributed by atoms with van der Waals surface area (Å²) < 4.78 is 5.65. The number of nitro benzene ring substituents is 1. The highest BCUT2D eigenvalue weighted by Gasteiger charge is 2.17. The lowest BCUT2D eigenvalue weighted by molar-refractivity contribution is -0.384. The van der Waals surface area contributed by atoms with Crippen LogP contribution in [0.2, 0.25) is 0 Å². The first-order valence-corrected chi connectivity index (χ1v) is 7.99. The van der Waals surface area contributed by atoms with Gasteiger partial charge >= 0.3 is 0 Å². The van der Waals surface area contributed by atoms with Gasteiger partial charge < -0.3 is 10.1 Å². The smallest absolute Gasteiger partial charge is 0.271 e. The molecule has 0 aliphatic carbocycles. The monoisotopic (exact) mass is 342 g/mol. The van der Waals surface area contributed by atoms with Crippen molar-refractivity contribution in [3.63, 3.8) is 0 Å². The molecule has 1 atom stereocenters. The zero-order valence-corrected chi connectivity index (χ0v) is 14.8. The highest BCUT2D eigenvalue weighted by molar-refractivity contribution is 5.94. The molecular weight excluding hydrogens is 320 g/mol. The van der Waals surface area contributed by atoms with E-state index in [0.717, 1.165) is 0 Å². The van der Waals surface area contributed by atoms with Crippen molar-refractivity contribution >= 4 is 17.3 Å². The van der Waals surface area contributed by atoms with E-state index in [-0.39, 0.29) is 17.0 Å². The van der Waals surface area contributed by atoms with Crippen LogP contribution in [0, 0.1) is 10.1 Å². The largest absolute Gasteiger partial charge is 0.481 e. The Kier molecular flexibility index (Phi) is 5.41. The van der Waals surface area contributed by atoms with Crippen molar-refractivity contribution in [2.75, 3.05) is 5.32 Å². The standard InChI is InChI=1S/C19H22N2O4/c1-13(25-17-10-8-14(9-11-17)19(2,3)4)18(22)20-15-6-5-7-16(12-15)21(23)24/h5-13H,1-4H3,(H,20,22). The molecule has 0 heterocycles. The van der Waals surface area contributed by atoms with Gasteiger partial charge in [0.05, 0.1) is 4.92 Å². The van der Waals surface area contributed by atoms with E-state index in [0.29, 0.717) is 11.4 Å². The second kappa shape index (κ2) is 7.34. The third-order valence-electron chi connectivity index (χ3n) is 3.73. The maximum absolute atomic E-state index is 12.2. The van der Waals surface area contributed by atoms with Crippen molar-refractivity contribution in [3.8, 4) is 5.75 Å². The number of nitrogens with zero attached hydrogens (tertiary/aromatic N) is 1. The molecule has 0 radical (unpaired) electrons. The minimum Gasteiger partial charge on any atom is -0.481 e. The fraction of sp³-hybridized carbons (Fsp3) is 0.316. The average Bonchev–Trinajstić information content (AvgIpc) is 2.54. The van der Waals surface area contributed by atoms with Crippen molar-refractivity contribution in [2.45, 2.75) is 39.2 Å². The maximum atomic E-state index is 12.2. The molecule has 6 heteroatoms. The highest BCUT2D eigenvalue weighted by atomic mass is 16.6. The molecule has 0 aliphatic heterocycles. The molecule has 0 saturated carbocycles. The Morgan fingerprint density at radius 3 is 2.36 bits per heavy atom. The molecular formula is C19H22N2O4. The van der Waals surface area contributed by atoms with Gasteiger partial charge in [-0.1, -0.05) is 39.0 Å². The van der Waals surface area contributed by atoms with Crippen LogP contribution in [0.4, 0.5) is 11.4 Å². The Balaban J connectivity index is 2.00. The van der Waals surface area contributed by atoms with Gasteiger partial charge in [-0.3, -0.25) is 14.9 Å². The van der Waals surface area contributed by atoms with E-state index in [1.165, 1.54) is 23.8 Å². The molecule has 6 nitrogen and oxygen atoms in total. The van der Waals surface area contributed by atoms with E-state index < -0.39 is 11.0 Å². The van der Waals surface area contributed by atoms with Crippen molar-refractivity contribution < 1.29 is 14.5 Å². The molecule has 2 rings (SSSR count). The Morgan fingerprint density at radius 2 is 1.80 bits per heavy atom. The number of ether oxygens (including phenoxy) is 1. The van der Waals surface area contributed by atoms with E-state index >= 15 is 0 Å². The van der Waals surface area contributed by atoms with Gasteiger partial charge in [-0.25, -0.2) is 0 Å². The molecule has 0 fully saturated rings. The number of carbonyl (C=O) groups is 1. The van der Waals surface area contributed by atoms with Gasteiger partial charge in [-0.2, -0.15) is 0 Å². The van der Waals surface area contributed by atoms with Gasteiger partial charge in [0.2, 0.25) is 0 Å². The quantitative estimate of drug-likeness (QED) is 0.649. The summed E-state index contributed by atoms with van der Waals surface area (Å²) in [5, 5.41) is 13.4. The molecule has 0 aromatic heterocycles. The molecule has 0 bridgehead atoms. The van der Waals surface area contributed by atoms with E-state index in [2.05, 4.69) is 26.1 Å². The molecule has 0 aliphatic rings. The number of anilines is 1. The number of benzene rings is 2. The third-order valence-corrected chi connectivity index (χ3v) is 3.73. The summed E-state index contributed by atoms with van der Waals surface area (Å²) in [6.07, 6.45) is -0.736. The topological polar surface area (TPSA) is 81.5 Å². The normalized spacial score (nSPS) is 12.3. The number of rotatable bonds is 5. The molecule has 25 heavy (non-hydrogen) atoms. The molecule has 2 aromatic rings. The van der Waals surface area contributed by atoms with Gasteiger partial charge in [0.1, 0.15) is 5.75 Å². The summed E-state index contributed by atoms with van der Waals surface area (Å²) in [5.74, 6) is 0.218. The van der Waals surface area contributed by atoms with Gasteiger partial charge in [0.15, 0.2) is 6.10 Å². The summed E-state index contributed by atoms with van der Waals surface area (Å²) in [5.41, 5.74) is 1.50. The second-order valence-corrected chi connectivity index (χ2v) is 6.83. The van der Waals surface area contributed by atoms with Crippen molar-refractivity contribution in [1.82, 2.24) is 0 Å². The van der Waals surface area contributed by atoms with Crippen LogP contribution in [-0.4, -0.2) is 16.9 Å². The highest BCUT2D eigenvalue weighted by Crippen LogP contribution is 2.25. The van der Waals surface area contributed by atoms with Crippen LogP contribution in [0.1, 0.15) is 33.3 Å². The average molecular weight is 342 g/mol. The van der Waals surface area contributed by atoms with Gasteiger partial charge in [0, 0.05) is 17.8 Å². The summed E-state index contributed by atoms with van der Waals surface area (Å²) in [7, 11) is 0. The minimum absolute atomic E-state index is 0.0452. The summed E-state index contributed by atoms with van der Waals surface area (Å²) >= 11 is 0. The van der Waals surface area contributed by atoms with E-state index in [1.54, 1.807) is 13.0 Å². The zero-order chi connectivity index (χ0) is 18.6. The Morgan fingerprint density at radius 1 is 1.16 bits per heavy atom. The van der Waals surface area contributed by atoms with Crippen LogP contribution in [0.25, 0.3) is 0 Å². The maximum Gasteiger partial charge on any atom is 0.271 e. The molecule has 2 aromatic carbocycles. The third kappa shape index (κ3) is 5.04. The van der Waals surface area contributed by atoms with E-state index in [4.69, 9.17) is 4.74 Å². The lowest BCUT2D eigenvalue weighted by Gasteiger charge is -2.20. The molecule has 0 saturated heterocycles. The number of carbonyl (C=O) groups excluding carboxylic acids is 1. The Bertz CT molecular complexity index is 764. The molecule has 132 valence electrons. The Labute approximate surface area is 147 Å². The summed E-state index contributed by atoms with van der Waals surface area (Å²) in [4.78, 5) is 22.5. The number of amides is 1. The fourth-order valence-corrected chi connectivity index (χ4v) is 2.23. The Hall–Kier alpha value is -2.89. The van der Waals surface area contributed by atoms with Crippen LogP contribution in [0.3, 0.4) is 0 Å². The predicted octanol–water partition coefficient (Wildman–Crippen LogP) is 4.30. The van der Waals surface area contributed by atoms with Crippen molar-refractivity contribution in [1.29, 1.82) is 0 Å². The molecule has 0 spiro atoms. The van der Waals surface area contributed by atoms with Crippen LogP contribution in [0.5, 0.6) is 5.75 Å². The minimum atomic E-state index is -0.736. The first-order chi connectivity index (χ1) is 11.7. The van der Waals surface area contributed by atoms with Crippen LogP contribution < -0.4 is 10.1 Å². The van der Waals surface area contributed by atoms with Gasteiger partial charge in [0.25, 0.3) is 11.6 Å². The zero-order valence-electron chi connectivity index (χ0n) is 14.8. The van der Waals surface area contributed by atoms with E-state index in [1.807, 2.05) is 24.3 Å².